The molecule has 1 saturated heterocycles. The van der Waals surface area contributed by atoms with Crippen molar-refractivity contribution in [1.29, 1.82) is 0 Å². The maximum absolute atomic E-state index is 15.0. The van der Waals surface area contributed by atoms with Gasteiger partial charge in [-0.2, -0.15) is 10.2 Å². The summed E-state index contributed by atoms with van der Waals surface area (Å²) in [4.78, 5) is 12.1. The van der Waals surface area contributed by atoms with E-state index in [1.807, 2.05) is 39.1 Å². The Morgan fingerprint density at radius 1 is 1.20 bits per heavy atom. The number of benzene rings is 1. The van der Waals surface area contributed by atoms with E-state index in [-0.39, 0.29) is 17.2 Å². The summed E-state index contributed by atoms with van der Waals surface area (Å²) in [6.07, 6.45) is 7.17. The van der Waals surface area contributed by atoms with Crippen LogP contribution in [-0.2, 0) is 17.8 Å². The van der Waals surface area contributed by atoms with Gasteiger partial charge in [-0.15, -0.1) is 0 Å². The lowest BCUT2D eigenvalue weighted by Crippen LogP contribution is -2.46. The van der Waals surface area contributed by atoms with E-state index in [1.165, 1.54) is 11.6 Å². The molecule has 40 heavy (non-hydrogen) atoms. The molecule has 1 aliphatic carbocycles. The normalized spacial score (nSPS) is 19.3. The highest BCUT2D eigenvalue weighted by atomic mass is 32.2. The molecule has 2 atom stereocenters. The van der Waals surface area contributed by atoms with Crippen molar-refractivity contribution in [2.75, 3.05) is 25.1 Å². The van der Waals surface area contributed by atoms with Crippen molar-refractivity contribution in [2.24, 2.45) is 10.6 Å². The summed E-state index contributed by atoms with van der Waals surface area (Å²) in [5.74, 6) is 1.32. The second kappa shape index (κ2) is 10.0. The number of nitrogens with zero attached hydrogens (tertiary/aromatic N) is 5. The molecule has 2 N–H and O–H groups in total. The molecule has 0 bridgehead atoms. The molecule has 1 unspecified atom stereocenters. The van der Waals surface area contributed by atoms with Crippen LogP contribution in [0.1, 0.15) is 56.0 Å². The summed E-state index contributed by atoms with van der Waals surface area (Å²) in [6, 6.07) is 10.8. The smallest absolute Gasteiger partial charge is 0.155 e. The van der Waals surface area contributed by atoms with Crippen LogP contribution >= 0.6 is 0 Å². The van der Waals surface area contributed by atoms with E-state index >= 15 is 0 Å². The van der Waals surface area contributed by atoms with Crippen molar-refractivity contribution in [3.63, 3.8) is 0 Å². The Bertz CT molecular complexity index is 1560. The predicted octanol–water partition coefficient (Wildman–Crippen LogP) is 4.97. The minimum absolute atomic E-state index is 0.0268. The maximum atomic E-state index is 15.0. The van der Waals surface area contributed by atoms with Crippen LogP contribution in [0.2, 0.25) is 0 Å². The molecule has 4 heterocycles. The summed E-state index contributed by atoms with van der Waals surface area (Å²) in [7, 11) is 1.57. The zero-order valence-corrected chi connectivity index (χ0v) is 24.2. The molecule has 0 radical (unpaired) electrons. The van der Waals surface area contributed by atoms with E-state index in [0.717, 1.165) is 55.8 Å². The summed E-state index contributed by atoms with van der Waals surface area (Å²) in [5, 5.41) is 10.5. The first-order valence-corrected chi connectivity index (χ1v) is 14.9. The number of aromatic nitrogens is 4. The van der Waals surface area contributed by atoms with Gasteiger partial charge in [0.25, 0.3) is 0 Å². The molecule has 2 aliphatic rings. The molecular formula is C30H35FN6O2S. The van der Waals surface area contributed by atoms with Gasteiger partial charge in [0.15, 0.2) is 5.82 Å². The van der Waals surface area contributed by atoms with Gasteiger partial charge >= 0.3 is 0 Å². The molecule has 10 heteroatoms. The first-order valence-electron chi connectivity index (χ1n) is 13.7. The van der Waals surface area contributed by atoms with E-state index in [4.69, 9.17) is 19.8 Å². The highest BCUT2D eigenvalue weighted by Crippen LogP contribution is 2.56. The fraction of sp³-hybridized carbons (Fsp3) is 0.433. The number of rotatable bonds is 6. The molecule has 1 spiro atoms. The third kappa shape index (κ3) is 4.42. The van der Waals surface area contributed by atoms with Gasteiger partial charge < -0.3 is 14.2 Å². The van der Waals surface area contributed by atoms with Crippen LogP contribution in [0.25, 0.3) is 16.8 Å². The predicted molar refractivity (Wildman–Crippen MR) is 155 cm³/mol. The van der Waals surface area contributed by atoms with Gasteiger partial charge in [0.05, 0.1) is 24.7 Å². The number of nitrogens with two attached hydrogens (primary N) is 1. The van der Waals surface area contributed by atoms with Crippen LogP contribution in [-0.4, -0.2) is 49.1 Å². The van der Waals surface area contributed by atoms with Crippen molar-refractivity contribution in [3.8, 4) is 17.0 Å². The monoisotopic (exact) mass is 562 g/mol. The number of ether oxygens (including phenoxy) is 1. The Morgan fingerprint density at radius 2 is 1.98 bits per heavy atom. The third-order valence-corrected chi connectivity index (χ3v) is 10.2. The van der Waals surface area contributed by atoms with Crippen molar-refractivity contribution < 1.29 is 13.7 Å². The SMILES string of the molecule is COc1ccc(F)c(-c2c(C)nc(N3CCC4(CC3)Cc3ncccc3[C@H]4CC(C)(C)[S+](N)[O-])c3ccnn23)c1. The van der Waals surface area contributed by atoms with Crippen molar-refractivity contribution in [2.45, 2.75) is 57.1 Å². The lowest BCUT2D eigenvalue weighted by Gasteiger charge is -2.45. The standard InChI is InChI=1S/C30H35FN6O2S/c1-19-27(22-16-20(39-4)7-8-24(22)31)37-26(9-13-34-37)28(35-19)36-14-10-30(11-15-36)18-25-21(6-5-12-33-25)23(30)17-29(2,3)40(32)38/h5-9,12-13,16,23H,10-11,14-15,17-18,32H2,1-4H3/t23-,40?/m1/s1. The largest absolute Gasteiger partial charge is 0.598 e. The minimum Gasteiger partial charge on any atom is -0.598 e. The maximum Gasteiger partial charge on any atom is 0.155 e. The highest BCUT2D eigenvalue weighted by molar-refractivity contribution is 7.90. The molecule has 1 aliphatic heterocycles. The number of aryl methyl sites for hydroxylation is 1. The van der Waals surface area contributed by atoms with Gasteiger partial charge in [0.1, 0.15) is 21.8 Å². The topological polar surface area (TPSA) is 105 Å². The van der Waals surface area contributed by atoms with E-state index in [1.54, 1.807) is 30.0 Å². The Morgan fingerprint density at radius 3 is 2.70 bits per heavy atom. The number of hydrogen-bond donors (Lipinski definition) is 1. The summed E-state index contributed by atoms with van der Waals surface area (Å²) in [6.45, 7) is 7.52. The lowest BCUT2D eigenvalue weighted by atomic mass is 9.67. The fourth-order valence-corrected chi connectivity index (χ4v) is 7.05. The summed E-state index contributed by atoms with van der Waals surface area (Å²) < 4.78 is 34.0. The van der Waals surface area contributed by atoms with E-state index in [0.29, 0.717) is 22.7 Å². The number of methoxy groups -OCH3 is 1. The van der Waals surface area contributed by atoms with Crippen LogP contribution in [0.4, 0.5) is 10.2 Å². The number of pyridine rings is 1. The third-order valence-electron chi connectivity index (χ3n) is 8.99. The molecule has 1 aromatic carbocycles. The Labute approximate surface area is 237 Å². The Kier molecular flexibility index (Phi) is 6.75. The molecule has 3 aromatic heterocycles. The van der Waals surface area contributed by atoms with Gasteiger partial charge in [0, 0.05) is 48.3 Å². The second-order valence-corrected chi connectivity index (χ2v) is 13.4. The van der Waals surface area contributed by atoms with Crippen molar-refractivity contribution in [3.05, 3.63) is 71.6 Å². The number of anilines is 1. The minimum atomic E-state index is -1.43. The fourth-order valence-electron chi connectivity index (χ4n) is 6.72. The first kappa shape index (κ1) is 27.0. The van der Waals surface area contributed by atoms with Gasteiger partial charge in [-0.1, -0.05) is 6.07 Å². The molecule has 6 rings (SSSR count). The number of halogens is 1. The van der Waals surface area contributed by atoms with Crippen LogP contribution in [0.15, 0.2) is 48.8 Å². The van der Waals surface area contributed by atoms with E-state index < -0.39 is 16.1 Å². The molecular weight excluding hydrogens is 527 g/mol. The Hall–Kier alpha value is -3.21. The van der Waals surface area contributed by atoms with Crippen molar-refractivity contribution >= 4 is 22.7 Å². The van der Waals surface area contributed by atoms with Crippen LogP contribution in [0, 0.1) is 18.2 Å². The molecule has 0 saturated carbocycles. The van der Waals surface area contributed by atoms with E-state index in [9.17, 15) is 8.94 Å². The zero-order valence-electron chi connectivity index (χ0n) is 23.4. The van der Waals surface area contributed by atoms with Gasteiger partial charge in [0.2, 0.25) is 0 Å². The number of piperidine rings is 1. The zero-order chi connectivity index (χ0) is 28.2. The molecule has 0 amide bonds. The first-order chi connectivity index (χ1) is 19.1. The van der Waals surface area contributed by atoms with Gasteiger partial charge in [-0.25, -0.2) is 13.9 Å². The lowest BCUT2D eigenvalue weighted by molar-refractivity contribution is 0.169. The van der Waals surface area contributed by atoms with E-state index in [2.05, 4.69) is 16.1 Å². The van der Waals surface area contributed by atoms with Crippen LogP contribution < -0.4 is 14.8 Å². The molecule has 8 nitrogen and oxygen atoms in total. The van der Waals surface area contributed by atoms with Crippen molar-refractivity contribution in [1.82, 2.24) is 19.6 Å². The second-order valence-electron chi connectivity index (χ2n) is 11.7. The number of hydrogen-bond acceptors (Lipinski definition) is 7. The van der Waals surface area contributed by atoms with Gasteiger partial charge in [-0.05, 0) is 87.3 Å². The van der Waals surface area contributed by atoms with Crippen LogP contribution in [0.5, 0.6) is 5.75 Å². The molecule has 4 aromatic rings. The summed E-state index contributed by atoms with van der Waals surface area (Å²) in [5.41, 5.74) is 5.00. The number of fused-ring (bicyclic) bond motifs is 2. The van der Waals surface area contributed by atoms with Crippen LogP contribution in [0.3, 0.4) is 0 Å². The highest BCUT2D eigenvalue weighted by Gasteiger charge is 2.51. The Balaban J connectivity index is 1.33. The molecule has 1 fully saturated rings. The average molecular weight is 563 g/mol. The summed E-state index contributed by atoms with van der Waals surface area (Å²) >= 11 is -1.43. The quantitative estimate of drug-likeness (QED) is 0.331. The van der Waals surface area contributed by atoms with Gasteiger partial charge in [-0.3, -0.25) is 4.98 Å². The molecule has 210 valence electrons. The average Bonchev–Trinajstić information content (AvgIpc) is 3.53.